The van der Waals surface area contributed by atoms with E-state index in [1.54, 1.807) is 0 Å². The van der Waals surface area contributed by atoms with E-state index in [0.717, 1.165) is 11.1 Å². The maximum absolute atomic E-state index is 13.0. The number of thiocarbonyl (C=S) groups is 1. The molecule has 0 saturated carbocycles. The van der Waals surface area contributed by atoms with Crippen molar-refractivity contribution in [2.24, 2.45) is 0 Å². The fourth-order valence-corrected chi connectivity index (χ4v) is 2.70. The van der Waals surface area contributed by atoms with Crippen LogP contribution >= 0.6 is 47.0 Å². The highest BCUT2D eigenvalue weighted by atomic mass is 35.6. The second kappa shape index (κ2) is 9.55. The number of carbonyl (C=O) groups is 1. The van der Waals surface area contributed by atoms with Gasteiger partial charge in [0, 0.05) is 5.69 Å². The summed E-state index contributed by atoms with van der Waals surface area (Å²) < 4.78 is 11.1. The maximum Gasteiger partial charge on any atom is 0.228 e. The van der Waals surface area contributed by atoms with E-state index in [2.05, 4.69) is 16.0 Å². The Hall–Kier alpha value is -1.60. The number of hydrogen-bond acceptors (Lipinski definition) is 2. The fourth-order valence-electron chi connectivity index (χ4n) is 2.13. The van der Waals surface area contributed by atoms with Crippen LogP contribution in [0.1, 0.15) is 11.1 Å². The van der Waals surface area contributed by atoms with Crippen molar-refractivity contribution in [1.29, 1.82) is 0 Å². The number of carbonyl (C=O) groups excluding carboxylic acids is 1. The van der Waals surface area contributed by atoms with Gasteiger partial charge < -0.3 is 16.0 Å². The number of aryl methyl sites for hydroxylation is 1. The molecule has 0 aliphatic heterocycles. The van der Waals surface area contributed by atoms with Gasteiger partial charge in [-0.05, 0) is 49.0 Å². The van der Waals surface area contributed by atoms with Crippen molar-refractivity contribution in [3.8, 4) is 0 Å². The van der Waals surface area contributed by atoms with Gasteiger partial charge in [0.2, 0.25) is 9.70 Å². The van der Waals surface area contributed by atoms with Crippen molar-refractivity contribution in [2.45, 2.75) is 23.3 Å². The normalized spacial score (nSPS) is 12.2. The average Bonchev–Trinajstić information content (AvgIpc) is 2.57. The maximum atomic E-state index is 13.0. The molecular formula is C18H17Cl3FN3OS. The summed E-state index contributed by atoms with van der Waals surface area (Å²) in [5.41, 5.74) is 2.47. The Morgan fingerprint density at radius 2 is 1.67 bits per heavy atom. The van der Waals surface area contributed by atoms with Gasteiger partial charge in [0.15, 0.2) is 5.11 Å². The van der Waals surface area contributed by atoms with Crippen LogP contribution in [-0.4, -0.2) is 21.0 Å². The molecule has 0 bridgehead atoms. The number of hydrogen-bond donors (Lipinski definition) is 3. The number of halogens is 4. The Bertz CT molecular complexity index is 733. The van der Waals surface area contributed by atoms with Crippen LogP contribution in [0.3, 0.4) is 0 Å². The number of benzene rings is 2. The second-order valence-electron chi connectivity index (χ2n) is 5.81. The molecule has 2 aromatic rings. The van der Waals surface area contributed by atoms with E-state index in [1.165, 1.54) is 24.3 Å². The van der Waals surface area contributed by atoms with Gasteiger partial charge in [0.25, 0.3) is 0 Å². The molecule has 3 N–H and O–H groups in total. The van der Waals surface area contributed by atoms with Crippen LogP contribution in [-0.2, 0) is 11.2 Å². The van der Waals surface area contributed by atoms with Crippen molar-refractivity contribution < 1.29 is 9.18 Å². The molecule has 2 rings (SSSR count). The van der Waals surface area contributed by atoms with E-state index in [-0.39, 0.29) is 23.3 Å². The van der Waals surface area contributed by atoms with Gasteiger partial charge in [-0.25, -0.2) is 4.39 Å². The van der Waals surface area contributed by atoms with Crippen molar-refractivity contribution in [1.82, 2.24) is 10.6 Å². The molecule has 1 amide bonds. The van der Waals surface area contributed by atoms with Gasteiger partial charge >= 0.3 is 0 Å². The smallest absolute Gasteiger partial charge is 0.228 e. The van der Waals surface area contributed by atoms with Gasteiger partial charge in [0.1, 0.15) is 12.0 Å². The first-order chi connectivity index (χ1) is 12.6. The highest BCUT2D eigenvalue weighted by Crippen LogP contribution is 2.29. The van der Waals surface area contributed by atoms with Crippen molar-refractivity contribution >= 4 is 63.7 Å². The predicted molar refractivity (Wildman–Crippen MR) is 113 cm³/mol. The molecule has 0 aliphatic carbocycles. The van der Waals surface area contributed by atoms with E-state index in [9.17, 15) is 9.18 Å². The van der Waals surface area contributed by atoms with Crippen LogP contribution in [0.5, 0.6) is 0 Å². The molecule has 0 saturated heterocycles. The van der Waals surface area contributed by atoms with Gasteiger partial charge in [-0.2, -0.15) is 0 Å². The third-order valence-electron chi connectivity index (χ3n) is 3.50. The topological polar surface area (TPSA) is 53.2 Å². The number of alkyl halides is 3. The molecule has 0 radical (unpaired) electrons. The molecule has 0 fully saturated rings. The van der Waals surface area contributed by atoms with Gasteiger partial charge in [0.05, 0.1) is 6.42 Å². The summed E-state index contributed by atoms with van der Waals surface area (Å²) in [6.45, 7) is 1.96. The highest BCUT2D eigenvalue weighted by Gasteiger charge is 2.34. The Morgan fingerprint density at radius 3 is 2.22 bits per heavy atom. The van der Waals surface area contributed by atoms with E-state index >= 15 is 0 Å². The molecule has 9 heteroatoms. The number of amides is 1. The molecule has 4 nitrogen and oxygen atoms in total. The molecule has 0 spiro atoms. The van der Waals surface area contributed by atoms with Crippen molar-refractivity contribution in [3.05, 3.63) is 65.5 Å². The summed E-state index contributed by atoms with van der Waals surface area (Å²) in [4.78, 5) is 12.3. The number of rotatable bonds is 5. The van der Waals surface area contributed by atoms with Gasteiger partial charge in [-0.1, -0.05) is 64.6 Å². The summed E-state index contributed by atoms with van der Waals surface area (Å²) >= 11 is 23.0. The standard InChI is InChI=1S/C18H17Cl3FN3OS/c1-11-2-4-12(5-3-11)10-15(26)24-16(18(19,20)21)25-17(27)23-14-8-6-13(22)7-9-14/h2-9,16H,10H2,1H3,(H,24,26)(H2,23,25,27). The van der Waals surface area contributed by atoms with Crippen LogP contribution in [0.2, 0.25) is 0 Å². The molecule has 144 valence electrons. The largest absolute Gasteiger partial charge is 0.339 e. The van der Waals surface area contributed by atoms with E-state index in [0.29, 0.717) is 5.69 Å². The Labute approximate surface area is 177 Å². The first-order valence-electron chi connectivity index (χ1n) is 7.88. The molecule has 0 heterocycles. The molecular weight excluding hydrogens is 432 g/mol. The molecule has 27 heavy (non-hydrogen) atoms. The lowest BCUT2D eigenvalue weighted by molar-refractivity contribution is -0.121. The molecule has 0 aromatic heterocycles. The van der Waals surface area contributed by atoms with E-state index < -0.39 is 9.96 Å². The quantitative estimate of drug-likeness (QED) is 0.359. The van der Waals surface area contributed by atoms with Gasteiger partial charge in [-0.3, -0.25) is 4.79 Å². The van der Waals surface area contributed by atoms with Crippen LogP contribution in [0.15, 0.2) is 48.5 Å². The third-order valence-corrected chi connectivity index (χ3v) is 4.37. The SMILES string of the molecule is Cc1ccc(CC(=O)NC(NC(=S)Nc2ccc(F)cc2)C(Cl)(Cl)Cl)cc1. The summed E-state index contributed by atoms with van der Waals surface area (Å²) in [5, 5.41) is 8.29. The Morgan fingerprint density at radius 1 is 1.07 bits per heavy atom. The van der Waals surface area contributed by atoms with Crippen LogP contribution in [0.25, 0.3) is 0 Å². The van der Waals surface area contributed by atoms with Crippen LogP contribution in [0.4, 0.5) is 10.1 Å². The number of anilines is 1. The average molecular weight is 449 g/mol. The second-order valence-corrected chi connectivity index (χ2v) is 8.59. The van der Waals surface area contributed by atoms with E-state index in [1.807, 2.05) is 31.2 Å². The van der Waals surface area contributed by atoms with Gasteiger partial charge in [-0.15, -0.1) is 0 Å². The molecule has 1 unspecified atom stereocenters. The van der Waals surface area contributed by atoms with Crippen LogP contribution in [0, 0.1) is 12.7 Å². The third kappa shape index (κ3) is 7.50. The van der Waals surface area contributed by atoms with Crippen LogP contribution < -0.4 is 16.0 Å². The predicted octanol–water partition coefficient (Wildman–Crippen LogP) is 4.48. The minimum Gasteiger partial charge on any atom is -0.339 e. The molecule has 2 aromatic carbocycles. The van der Waals surface area contributed by atoms with Crippen molar-refractivity contribution in [2.75, 3.05) is 5.32 Å². The summed E-state index contributed by atoms with van der Waals surface area (Å²) in [6.07, 6.45) is -0.946. The first-order valence-corrected chi connectivity index (χ1v) is 9.42. The zero-order valence-corrected chi connectivity index (χ0v) is 17.3. The minimum atomic E-state index is -1.85. The molecule has 0 aliphatic rings. The van der Waals surface area contributed by atoms with Crippen molar-refractivity contribution in [3.63, 3.8) is 0 Å². The monoisotopic (exact) mass is 447 g/mol. The highest BCUT2D eigenvalue weighted by molar-refractivity contribution is 7.80. The first kappa shape index (κ1) is 21.7. The molecule has 1 atom stereocenters. The Kier molecular flexibility index (Phi) is 7.68. The lowest BCUT2D eigenvalue weighted by atomic mass is 10.1. The number of nitrogens with one attached hydrogen (secondary N) is 3. The Balaban J connectivity index is 1.97. The lowest BCUT2D eigenvalue weighted by Crippen LogP contribution is -2.56. The lowest BCUT2D eigenvalue weighted by Gasteiger charge is -2.27. The van der Waals surface area contributed by atoms with E-state index in [4.69, 9.17) is 47.0 Å². The minimum absolute atomic E-state index is 0.105. The summed E-state index contributed by atoms with van der Waals surface area (Å²) in [6, 6.07) is 13.1. The zero-order valence-electron chi connectivity index (χ0n) is 14.2. The summed E-state index contributed by atoms with van der Waals surface area (Å²) in [7, 11) is 0. The summed E-state index contributed by atoms with van der Waals surface area (Å²) in [5.74, 6) is -0.714. The fraction of sp³-hybridized carbons (Fsp3) is 0.222. The zero-order chi connectivity index (χ0) is 20.0.